The molecule has 4 heterocycles. The van der Waals surface area contributed by atoms with Crippen molar-refractivity contribution in [2.75, 3.05) is 75.8 Å². The number of aryl methyl sites for hydroxylation is 1. The molecule has 0 aliphatic carbocycles. The van der Waals surface area contributed by atoms with E-state index in [2.05, 4.69) is 35.2 Å². The van der Waals surface area contributed by atoms with Gasteiger partial charge in [0.1, 0.15) is 6.54 Å². The largest absolute Gasteiger partial charge is 0.356 e. The van der Waals surface area contributed by atoms with Gasteiger partial charge < -0.3 is 20.0 Å². The number of nitrogens with zero attached hydrogens (tertiary/aromatic N) is 9. The van der Waals surface area contributed by atoms with Crippen molar-refractivity contribution >= 4 is 47.5 Å². The number of carbonyl (C=O) groups excluding carboxylic acids is 1. The Morgan fingerprint density at radius 1 is 1.12 bits per heavy atom. The number of carbonyl (C=O) groups is 1. The van der Waals surface area contributed by atoms with Crippen LogP contribution >= 0.6 is 24.0 Å². The van der Waals surface area contributed by atoms with Crippen molar-refractivity contribution < 1.29 is 4.79 Å². The van der Waals surface area contributed by atoms with E-state index in [1.807, 2.05) is 24.2 Å². The molecule has 2 aromatic rings. The summed E-state index contributed by atoms with van der Waals surface area (Å²) in [7, 11) is 3.62. The predicted octanol–water partition coefficient (Wildman–Crippen LogP) is 0.264. The lowest BCUT2D eigenvalue weighted by atomic mass is 10.3. The third kappa shape index (κ3) is 6.53. The van der Waals surface area contributed by atoms with Gasteiger partial charge in [-0.1, -0.05) is 0 Å². The SMILES string of the molecule is CN=C(NCCCN1CCN(c2ncccn2)CC1)N1CCN(c2cnn(C)c2)C(=O)C1.I. The molecule has 0 unspecified atom stereocenters. The van der Waals surface area contributed by atoms with E-state index in [4.69, 9.17) is 0 Å². The van der Waals surface area contributed by atoms with E-state index in [1.54, 1.807) is 35.2 Å². The third-order valence-corrected chi connectivity index (χ3v) is 5.88. The van der Waals surface area contributed by atoms with Crippen molar-refractivity contribution in [1.82, 2.24) is 34.9 Å². The molecule has 0 aromatic carbocycles. The Hall–Kier alpha value is -2.48. The minimum atomic E-state index is 0. The number of amides is 1. The Kier molecular flexibility index (Phi) is 9.23. The highest BCUT2D eigenvalue weighted by Gasteiger charge is 2.27. The monoisotopic (exact) mass is 568 g/mol. The molecule has 1 amide bonds. The smallest absolute Gasteiger partial charge is 0.246 e. The summed E-state index contributed by atoms with van der Waals surface area (Å²) in [4.78, 5) is 34.2. The number of nitrogens with one attached hydrogen (secondary N) is 1. The van der Waals surface area contributed by atoms with Crippen LogP contribution in [0.1, 0.15) is 6.42 Å². The van der Waals surface area contributed by atoms with Crippen LogP contribution in [-0.2, 0) is 11.8 Å². The molecule has 2 fully saturated rings. The molecule has 0 bridgehead atoms. The third-order valence-electron chi connectivity index (χ3n) is 5.88. The van der Waals surface area contributed by atoms with Crippen LogP contribution in [0.3, 0.4) is 0 Å². The summed E-state index contributed by atoms with van der Waals surface area (Å²) in [6.07, 6.45) is 8.20. The Labute approximate surface area is 211 Å². The Morgan fingerprint density at radius 3 is 2.52 bits per heavy atom. The number of piperazine rings is 2. The molecule has 0 atom stereocenters. The van der Waals surface area contributed by atoms with Gasteiger partial charge in [-0.15, -0.1) is 24.0 Å². The number of halogens is 1. The number of rotatable bonds is 6. The van der Waals surface area contributed by atoms with Crippen molar-refractivity contribution in [2.45, 2.75) is 6.42 Å². The van der Waals surface area contributed by atoms with E-state index < -0.39 is 0 Å². The second kappa shape index (κ2) is 12.1. The van der Waals surface area contributed by atoms with Crippen molar-refractivity contribution in [2.24, 2.45) is 12.0 Å². The number of aliphatic imine (C=N–C) groups is 1. The maximum Gasteiger partial charge on any atom is 0.246 e. The summed E-state index contributed by atoms with van der Waals surface area (Å²) in [6, 6.07) is 1.84. The Bertz CT molecular complexity index is 913. The van der Waals surface area contributed by atoms with Crippen LogP contribution in [-0.4, -0.2) is 107 Å². The van der Waals surface area contributed by atoms with Gasteiger partial charge in [0.15, 0.2) is 5.96 Å². The predicted molar refractivity (Wildman–Crippen MR) is 139 cm³/mol. The average Bonchev–Trinajstić information content (AvgIpc) is 3.26. The quantitative estimate of drug-likeness (QED) is 0.230. The number of guanidine groups is 1. The van der Waals surface area contributed by atoms with Gasteiger partial charge in [0, 0.05) is 78.5 Å². The first-order valence-electron chi connectivity index (χ1n) is 11.1. The highest BCUT2D eigenvalue weighted by Crippen LogP contribution is 2.16. The fourth-order valence-electron chi connectivity index (χ4n) is 4.14. The van der Waals surface area contributed by atoms with Crippen LogP contribution in [0.5, 0.6) is 0 Å². The molecule has 0 spiro atoms. The molecule has 11 nitrogen and oxygen atoms in total. The molecule has 2 aromatic heterocycles. The topological polar surface area (TPSA) is 98.0 Å². The number of hydrogen-bond acceptors (Lipinski definition) is 7. The summed E-state index contributed by atoms with van der Waals surface area (Å²) in [5.41, 5.74) is 0.846. The molecular formula is C21H33IN10O. The molecule has 0 radical (unpaired) electrons. The van der Waals surface area contributed by atoms with Gasteiger partial charge in [0.25, 0.3) is 0 Å². The van der Waals surface area contributed by atoms with E-state index in [1.165, 1.54) is 0 Å². The van der Waals surface area contributed by atoms with Crippen molar-refractivity contribution in [3.05, 3.63) is 30.9 Å². The lowest BCUT2D eigenvalue weighted by Gasteiger charge is -2.36. The zero-order chi connectivity index (χ0) is 22.3. The molecule has 0 saturated carbocycles. The molecular weight excluding hydrogens is 535 g/mol. The minimum absolute atomic E-state index is 0. The van der Waals surface area contributed by atoms with Crippen molar-refractivity contribution in [3.8, 4) is 0 Å². The summed E-state index contributed by atoms with van der Waals surface area (Å²) < 4.78 is 1.71. The first kappa shape index (κ1) is 25.1. The van der Waals surface area contributed by atoms with E-state index in [9.17, 15) is 4.79 Å². The fourth-order valence-corrected chi connectivity index (χ4v) is 4.14. The van der Waals surface area contributed by atoms with E-state index in [0.29, 0.717) is 13.1 Å². The normalized spacial score (nSPS) is 17.8. The molecule has 1 N–H and O–H groups in total. The van der Waals surface area contributed by atoms with Crippen LogP contribution in [0.4, 0.5) is 11.6 Å². The summed E-state index contributed by atoms with van der Waals surface area (Å²) >= 11 is 0. The van der Waals surface area contributed by atoms with Gasteiger partial charge in [0.05, 0.1) is 11.9 Å². The second-order valence-electron chi connectivity index (χ2n) is 8.04. The standard InChI is InChI=1S/C21H32N10O.HI/c1-22-20(30-13-14-31(19(32)17-30)18-15-26-27(2)16-18)23-7-4-8-28-9-11-29(12-10-28)21-24-5-3-6-25-21;/h3,5-6,15-16H,4,7-14,17H2,1-2H3,(H,22,23);1H. The van der Waals surface area contributed by atoms with Crippen molar-refractivity contribution in [1.29, 1.82) is 0 Å². The minimum Gasteiger partial charge on any atom is -0.356 e. The molecule has 12 heteroatoms. The van der Waals surface area contributed by atoms with Gasteiger partial charge in [-0.05, 0) is 19.0 Å². The highest BCUT2D eigenvalue weighted by atomic mass is 127. The first-order chi connectivity index (χ1) is 15.6. The van der Waals surface area contributed by atoms with Gasteiger partial charge in [-0.3, -0.25) is 19.4 Å². The van der Waals surface area contributed by atoms with Crippen LogP contribution in [0.25, 0.3) is 0 Å². The zero-order valence-electron chi connectivity index (χ0n) is 19.3. The highest BCUT2D eigenvalue weighted by molar-refractivity contribution is 14.0. The molecule has 180 valence electrons. The fraction of sp³-hybridized carbons (Fsp3) is 0.571. The van der Waals surface area contributed by atoms with E-state index >= 15 is 0 Å². The maximum absolute atomic E-state index is 12.6. The van der Waals surface area contributed by atoms with E-state index in [0.717, 1.165) is 69.8 Å². The molecule has 2 saturated heterocycles. The number of anilines is 2. The van der Waals surface area contributed by atoms with Gasteiger partial charge in [-0.25, -0.2) is 9.97 Å². The lowest BCUT2D eigenvalue weighted by molar-refractivity contribution is -0.120. The summed E-state index contributed by atoms with van der Waals surface area (Å²) in [6.45, 7) is 7.45. The first-order valence-corrected chi connectivity index (χ1v) is 11.1. The zero-order valence-corrected chi connectivity index (χ0v) is 21.6. The van der Waals surface area contributed by atoms with Crippen LogP contribution < -0.4 is 15.1 Å². The second-order valence-corrected chi connectivity index (χ2v) is 8.04. The Morgan fingerprint density at radius 2 is 1.88 bits per heavy atom. The van der Waals surface area contributed by atoms with Crippen LogP contribution in [0.15, 0.2) is 35.8 Å². The number of hydrogen-bond donors (Lipinski definition) is 1. The van der Waals surface area contributed by atoms with Gasteiger partial charge >= 0.3 is 0 Å². The number of aromatic nitrogens is 4. The van der Waals surface area contributed by atoms with Crippen LogP contribution in [0, 0.1) is 0 Å². The van der Waals surface area contributed by atoms with Gasteiger partial charge in [0.2, 0.25) is 11.9 Å². The average molecular weight is 568 g/mol. The lowest BCUT2D eigenvalue weighted by Crippen LogP contribution is -2.55. The molecule has 4 rings (SSSR count). The van der Waals surface area contributed by atoms with Gasteiger partial charge in [-0.2, -0.15) is 5.10 Å². The summed E-state index contributed by atoms with van der Waals surface area (Å²) in [5.74, 6) is 1.67. The summed E-state index contributed by atoms with van der Waals surface area (Å²) in [5, 5.41) is 7.59. The van der Waals surface area contributed by atoms with E-state index in [-0.39, 0.29) is 29.9 Å². The van der Waals surface area contributed by atoms with Crippen LogP contribution in [0.2, 0.25) is 0 Å². The maximum atomic E-state index is 12.6. The molecule has 2 aliphatic rings. The Balaban J connectivity index is 0.00000306. The van der Waals surface area contributed by atoms with Crippen molar-refractivity contribution in [3.63, 3.8) is 0 Å². The molecule has 2 aliphatic heterocycles. The molecule has 33 heavy (non-hydrogen) atoms.